The highest BCUT2D eigenvalue weighted by Gasteiger charge is 2.29. The van der Waals surface area contributed by atoms with Crippen molar-refractivity contribution in [2.75, 3.05) is 13.1 Å². The Morgan fingerprint density at radius 3 is 2.59 bits per heavy atom. The van der Waals surface area contributed by atoms with Crippen LogP contribution in [0.1, 0.15) is 24.8 Å². The summed E-state index contributed by atoms with van der Waals surface area (Å²) < 4.78 is 0. The van der Waals surface area contributed by atoms with Gasteiger partial charge in [-0.1, -0.05) is 42.5 Å². The Labute approximate surface area is 131 Å². The molecule has 4 nitrogen and oxygen atoms in total. The van der Waals surface area contributed by atoms with Crippen LogP contribution in [0.4, 0.5) is 0 Å². The zero-order valence-electron chi connectivity index (χ0n) is 12.7. The summed E-state index contributed by atoms with van der Waals surface area (Å²) in [7, 11) is 0. The SMILES string of the molecule is O=C(NC1CCN(C(=O)Cc2ccccc2)C1)C1CC=CC1. The Kier molecular flexibility index (Phi) is 4.56. The van der Waals surface area contributed by atoms with Crippen LogP contribution >= 0.6 is 0 Å². The van der Waals surface area contributed by atoms with Gasteiger partial charge in [0.05, 0.1) is 6.42 Å². The molecular weight excluding hydrogens is 276 g/mol. The smallest absolute Gasteiger partial charge is 0.227 e. The van der Waals surface area contributed by atoms with Crippen LogP contribution in [0.25, 0.3) is 0 Å². The van der Waals surface area contributed by atoms with Crippen molar-refractivity contribution in [1.82, 2.24) is 10.2 Å². The lowest BCUT2D eigenvalue weighted by molar-refractivity contribution is -0.130. The summed E-state index contributed by atoms with van der Waals surface area (Å²) in [6.45, 7) is 1.37. The summed E-state index contributed by atoms with van der Waals surface area (Å²) in [5.41, 5.74) is 1.04. The molecule has 1 heterocycles. The maximum atomic E-state index is 12.3. The van der Waals surface area contributed by atoms with Gasteiger partial charge in [0.1, 0.15) is 0 Å². The van der Waals surface area contributed by atoms with Crippen molar-refractivity contribution < 1.29 is 9.59 Å². The van der Waals surface area contributed by atoms with E-state index < -0.39 is 0 Å². The second-order valence-corrected chi connectivity index (χ2v) is 6.14. The molecule has 1 aromatic carbocycles. The fourth-order valence-electron chi connectivity index (χ4n) is 3.14. The van der Waals surface area contributed by atoms with Crippen LogP contribution in [0.15, 0.2) is 42.5 Å². The van der Waals surface area contributed by atoms with Crippen molar-refractivity contribution >= 4 is 11.8 Å². The van der Waals surface area contributed by atoms with E-state index in [0.717, 1.165) is 31.4 Å². The van der Waals surface area contributed by atoms with Gasteiger partial charge in [-0.25, -0.2) is 0 Å². The average molecular weight is 298 g/mol. The highest BCUT2D eigenvalue weighted by atomic mass is 16.2. The molecule has 1 N–H and O–H groups in total. The molecule has 0 saturated carbocycles. The highest BCUT2D eigenvalue weighted by molar-refractivity contribution is 5.81. The number of nitrogens with zero attached hydrogens (tertiary/aromatic N) is 1. The van der Waals surface area contributed by atoms with Crippen molar-refractivity contribution in [2.45, 2.75) is 31.7 Å². The third-order valence-electron chi connectivity index (χ3n) is 4.46. The van der Waals surface area contributed by atoms with E-state index in [-0.39, 0.29) is 23.8 Å². The van der Waals surface area contributed by atoms with Crippen molar-refractivity contribution in [3.8, 4) is 0 Å². The van der Waals surface area contributed by atoms with E-state index in [2.05, 4.69) is 17.5 Å². The molecule has 1 saturated heterocycles. The Hall–Kier alpha value is -2.10. The van der Waals surface area contributed by atoms with Gasteiger partial charge >= 0.3 is 0 Å². The maximum Gasteiger partial charge on any atom is 0.227 e. The summed E-state index contributed by atoms with van der Waals surface area (Å²) in [5.74, 6) is 0.368. The molecule has 1 aliphatic heterocycles. The zero-order chi connectivity index (χ0) is 15.4. The first-order chi connectivity index (χ1) is 10.7. The molecular formula is C18H22N2O2. The monoisotopic (exact) mass is 298 g/mol. The summed E-state index contributed by atoms with van der Waals surface area (Å²) in [5, 5.41) is 3.10. The molecule has 0 radical (unpaired) electrons. The van der Waals surface area contributed by atoms with E-state index in [0.29, 0.717) is 13.0 Å². The van der Waals surface area contributed by atoms with Crippen LogP contribution in [0.5, 0.6) is 0 Å². The fourth-order valence-corrected chi connectivity index (χ4v) is 3.14. The zero-order valence-corrected chi connectivity index (χ0v) is 12.7. The Morgan fingerprint density at radius 1 is 1.14 bits per heavy atom. The Bertz CT molecular complexity index is 560. The van der Waals surface area contributed by atoms with Crippen molar-refractivity contribution in [1.29, 1.82) is 0 Å². The molecule has 0 spiro atoms. The van der Waals surface area contributed by atoms with Crippen LogP contribution < -0.4 is 5.32 Å². The lowest BCUT2D eigenvalue weighted by Gasteiger charge is -2.18. The molecule has 22 heavy (non-hydrogen) atoms. The molecule has 2 aliphatic rings. The number of nitrogens with one attached hydrogen (secondary N) is 1. The first-order valence-corrected chi connectivity index (χ1v) is 7.99. The summed E-state index contributed by atoms with van der Waals surface area (Å²) in [6.07, 6.45) is 7.11. The van der Waals surface area contributed by atoms with Gasteiger partial charge in [0.2, 0.25) is 11.8 Å². The second-order valence-electron chi connectivity index (χ2n) is 6.14. The molecule has 0 aromatic heterocycles. The van der Waals surface area contributed by atoms with Gasteiger partial charge < -0.3 is 10.2 Å². The Balaban J connectivity index is 1.47. The summed E-state index contributed by atoms with van der Waals surface area (Å²) >= 11 is 0. The van der Waals surface area contributed by atoms with Crippen molar-refractivity contribution in [2.24, 2.45) is 5.92 Å². The molecule has 1 atom stereocenters. The molecule has 1 fully saturated rings. The van der Waals surface area contributed by atoms with E-state index in [1.54, 1.807) is 0 Å². The molecule has 1 aromatic rings. The van der Waals surface area contributed by atoms with Gasteiger partial charge in [0, 0.05) is 25.0 Å². The predicted molar refractivity (Wildman–Crippen MR) is 85.1 cm³/mol. The number of rotatable bonds is 4. The van der Waals surface area contributed by atoms with Crippen LogP contribution in [-0.4, -0.2) is 35.8 Å². The second kappa shape index (κ2) is 6.77. The van der Waals surface area contributed by atoms with Crippen LogP contribution in [0, 0.1) is 5.92 Å². The summed E-state index contributed by atoms with van der Waals surface area (Å²) in [6, 6.07) is 9.90. The first kappa shape index (κ1) is 14.8. The molecule has 1 aliphatic carbocycles. The number of hydrogen-bond donors (Lipinski definition) is 1. The number of carbonyl (C=O) groups is 2. The van der Waals surface area contributed by atoms with Gasteiger partial charge in [-0.2, -0.15) is 0 Å². The van der Waals surface area contributed by atoms with E-state index in [1.807, 2.05) is 35.2 Å². The molecule has 2 amide bonds. The fraction of sp³-hybridized carbons (Fsp3) is 0.444. The number of carbonyl (C=O) groups excluding carboxylic acids is 2. The van der Waals surface area contributed by atoms with Crippen molar-refractivity contribution in [3.05, 3.63) is 48.0 Å². The van der Waals surface area contributed by atoms with Gasteiger partial charge in [-0.05, 0) is 24.8 Å². The molecule has 0 bridgehead atoms. The summed E-state index contributed by atoms with van der Waals surface area (Å²) in [4.78, 5) is 26.3. The highest BCUT2D eigenvalue weighted by Crippen LogP contribution is 2.19. The van der Waals surface area contributed by atoms with E-state index in [4.69, 9.17) is 0 Å². The van der Waals surface area contributed by atoms with Gasteiger partial charge in [-0.3, -0.25) is 9.59 Å². The number of benzene rings is 1. The van der Waals surface area contributed by atoms with E-state index >= 15 is 0 Å². The number of amides is 2. The standard InChI is InChI=1S/C18H22N2O2/c21-17(12-14-6-2-1-3-7-14)20-11-10-16(13-20)19-18(22)15-8-4-5-9-15/h1-7,15-16H,8-13H2,(H,19,22). The minimum atomic E-state index is 0.0917. The molecule has 1 unspecified atom stereocenters. The first-order valence-electron chi connectivity index (χ1n) is 7.99. The van der Waals surface area contributed by atoms with Crippen LogP contribution in [-0.2, 0) is 16.0 Å². The van der Waals surface area contributed by atoms with Gasteiger partial charge in [-0.15, -0.1) is 0 Å². The van der Waals surface area contributed by atoms with Crippen LogP contribution in [0.3, 0.4) is 0 Å². The molecule has 3 rings (SSSR count). The van der Waals surface area contributed by atoms with Gasteiger partial charge in [0.25, 0.3) is 0 Å². The number of hydrogen-bond acceptors (Lipinski definition) is 2. The Morgan fingerprint density at radius 2 is 1.86 bits per heavy atom. The van der Waals surface area contributed by atoms with Crippen LogP contribution in [0.2, 0.25) is 0 Å². The van der Waals surface area contributed by atoms with E-state index in [1.165, 1.54) is 0 Å². The lowest BCUT2D eigenvalue weighted by Crippen LogP contribution is -2.41. The number of allylic oxidation sites excluding steroid dienone is 2. The maximum absolute atomic E-state index is 12.3. The molecule has 4 heteroatoms. The van der Waals surface area contributed by atoms with Gasteiger partial charge in [0.15, 0.2) is 0 Å². The number of likely N-dealkylation sites (tertiary alicyclic amines) is 1. The largest absolute Gasteiger partial charge is 0.351 e. The lowest BCUT2D eigenvalue weighted by atomic mass is 10.1. The average Bonchev–Trinajstić information content (AvgIpc) is 3.19. The third-order valence-corrected chi connectivity index (χ3v) is 4.46. The minimum Gasteiger partial charge on any atom is -0.351 e. The van der Waals surface area contributed by atoms with Crippen molar-refractivity contribution in [3.63, 3.8) is 0 Å². The minimum absolute atomic E-state index is 0.0917. The third kappa shape index (κ3) is 3.56. The molecule has 116 valence electrons. The predicted octanol–water partition coefficient (Wildman–Crippen LogP) is 1.91. The van der Waals surface area contributed by atoms with E-state index in [9.17, 15) is 9.59 Å². The topological polar surface area (TPSA) is 49.4 Å². The normalized spacial score (nSPS) is 21.3. The quantitative estimate of drug-likeness (QED) is 0.863.